The molecular formula is C18H29NO. The lowest BCUT2D eigenvalue weighted by molar-refractivity contribution is 0.204. The molecule has 1 fully saturated rings. The third-order valence-corrected chi connectivity index (χ3v) is 4.39. The topological polar surface area (TPSA) is 21.3 Å². The summed E-state index contributed by atoms with van der Waals surface area (Å²) in [7, 11) is 0. The third kappa shape index (κ3) is 4.24. The Kier molecular flexibility index (Phi) is 5.47. The quantitative estimate of drug-likeness (QED) is 0.865. The van der Waals surface area contributed by atoms with Gasteiger partial charge in [-0.15, -0.1) is 0 Å². The highest BCUT2D eigenvalue weighted by molar-refractivity contribution is 5.42. The first-order chi connectivity index (χ1) is 9.56. The summed E-state index contributed by atoms with van der Waals surface area (Å²) in [5.74, 6) is 1.04. The number of aryl methyl sites for hydroxylation is 2. The molecule has 0 saturated heterocycles. The predicted molar refractivity (Wildman–Crippen MR) is 85.6 cm³/mol. The summed E-state index contributed by atoms with van der Waals surface area (Å²) in [5, 5.41) is 3.67. The fourth-order valence-corrected chi connectivity index (χ4v) is 3.02. The molecule has 1 aliphatic rings. The Hall–Kier alpha value is -1.02. The van der Waals surface area contributed by atoms with Crippen LogP contribution in [0.4, 0.5) is 0 Å². The van der Waals surface area contributed by atoms with Gasteiger partial charge in [-0.3, -0.25) is 0 Å². The van der Waals surface area contributed by atoms with E-state index in [1.165, 1.54) is 48.8 Å². The SMILES string of the molecule is Cc1cc(C)c(C)c(OC(C)CNC2CCCCC2)c1. The van der Waals surface area contributed by atoms with Gasteiger partial charge in [0.05, 0.1) is 0 Å². The van der Waals surface area contributed by atoms with Crippen LogP contribution in [-0.4, -0.2) is 18.7 Å². The molecule has 2 heteroatoms. The lowest BCUT2D eigenvalue weighted by atomic mass is 9.95. The minimum atomic E-state index is 0.219. The molecule has 0 bridgehead atoms. The van der Waals surface area contributed by atoms with E-state index in [-0.39, 0.29) is 6.10 Å². The molecule has 2 rings (SSSR count). The third-order valence-electron chi connectivity index (χ3n) is 4.39. The van der Waals surface area contributed by atoms with Crippen molar-refractivity contribution in [2.45, 2.75) is 71.9 Å². The van der Waals surface area contributed by atoms with Crippen molar-refractivity contribution in [3.8, 4) is 5.75 Å². The molecule has 1 unspecified atom stereocenters. The molecule has 1 aromatic rings. The lowest BCUT2D eigenvalue weighted by Crippen LogP contribution is -2.37. The van der Waals surface area contributed by atoms with Crippen LogP contribution in [0.5, 0.6) is 5.75 Å². The van der Waals surface area contributed by atoms with Gasteiger partial charge in [0, 0.05) is 12.6 Å². The zero-order valence-corrected chi connectivity index (χ0v) is 13.5. The average Bonchev–Trinajstić information content (AvgIpc) is 2.43. The number of hydrogen-bond acceptors (Lipinski definition) is 2. The van der Waals surface area contributed by atoms with Crippen LogP contribution in [0, 0.1) is 20.8 Å². The van der Waals surface area contributed by atoms with Gasteiger partial charge in [-0.25, -0.2) is 0 Å². The Balaban J connectivity index is 1.86. The second kappa shape index (κ2) is 7.12. The first-order valence-corrected chi connectivity index (χ1v) is 8.04. The highest BCUT2D eigenvalue weighted by Crippen LogP contribution is 2.24. The van der Waals surface area contributed by atoms with E-state index in [1.54, 1.807) is 0 Å². The van der Waals surface area contributed by atoms with Gasteiger partial charge in [0.2, 0.25) is 0 Å². The van der Waals surface area contributed by atoms with E-state index >= 15 is 0 Å². The van der Waals surface area contributed by atoms with Crippen LogP contribution in [0.1, 0.15) is 55.7 Å². The van der Waals surface area contributed by atoms with Crippen LogP contribution in [0.2, 0.25) is 0 Å². The van der Waals surface area contributed by atoms with E-state index in [2.05, 4.69) is 45.1 Å². The molecule has 1 atom stereocenters. The predicted octanol–water partition coefficient (Wildman–Crippen LogP) is 4.30. The fourth-order valence-electron chi connectivity index (χ4n) is 3.02. The van der Waals surface area contributed by atoms with Crippen molar-refractivity contribution in [1.29, 1.82) is 0 Å². The van der Waals surface area contributed by atoms with Crippen LogP contribution >= 0.6 is 0 Å². The summed E-state index contributed by atoms with van der Waals surface area (Å²) >= 11 is 0. The largest absolute Gasteiger partial charge is 0.489 e. The van der Waals surface area contributed by atoms with Crippen molar-refractivity contribution in [1.82, 2.24) is 5.32 Å². The number of nitrogens with one attached hydrogen (secondary N) is 1. The molecule has 1 aromatic carbocycles. The maximum absolute atomic E-state index is 6.14. The summed E-state index contributed by atoms with van der Waals surface area (Å²) in [6, 6.07) is 5.07. The van der Waals surface area contributed by atoms with Crippen LogP contribution < -0.4 is 10.1 Å². The Morgan fingerprint density at radius 3 is 2.55 bits per heavy atom. The van der Waals surface area contributed by atoms with E-state index in [1.807, 2.05) is 0 Å². The number of rotatable bonds is 5. The standard InChI is InChI=1S/C18H29NO/c1-13-10-14(2)16(4)18(11-13)20-15(3)12-19-17-8-6-5-7-9-17/h10-11,15,17,19H,5-9,12H2,1-4H3. The summed E-state index contributed by atoms with van der Waals surface area (Å²) < 4.78 is 6.14. The van der Waals surface area contributed by atoms with Crippen molar-refractivity contribution in [2.75, 3.05) is 6.54 Å². The Morgan fingerprint density at radius 2 is 1.85 bits per heavy atom. The van der Waals surface area contributed by atoms with Crippen LogP contribution in [0.25, 0.3) is 0 Å². The maximum Gasteiger partial charge on any atom is 0.123 e. The first kappa shape index (κ1) is 15.4. The van der Waals surface area contributed by atoms with Gasteiger partial charge in [-0.05, 0) is 63.3 Å². The highest BCUT2D eigenvalue weighted by atomic mass is 16.5. The van der Waals surface area contributed by atoms with Crippen molar-refractivity contribution in [2.24, 2.45) is 0 Å². The molecule has 112 valence electrons. The molecule has 1 aliphatic carbocycles. The second-order valence-electron chi connectivity index (χ2n) is 6.38. The van der Waals surface area contributed by atoms with Crippen molar-refractivity contribution >= 4 is 0 Å². The lowest BCUT2D eigenvalue weighted by Gasteiger charge is -2.25. The van der Waals surface area contributed by atoms with Crippen molar-refractivity contribution < 1.29 is 4.74 Å². The number of ether oxygens (including phenoxy) is 1. The Morgan fingerprint density at radius 1 is 1.15 bits per heavy atom. The first-order valence-electron chi connectivity index (χ1n) is 8.04. The number of hydrogen-bond donors (Lipinski definition) is 1. The molecule has 0 amide bonds. The molecule has 0 spiro atoms. The van der Waals surface area contributed by atoms with E-state index in [0.29, 0.717) is 6.04 Å². The smallest absolute Gasteiger partial charge is 0.123 e. The van der Waals surface area contributed by atoms with Gasteiger partial charge in [-0.1, -0.05) is 25.3 Å². The fraction of sp³-hybridized carbons (Fsp3) is 0.667. The van der Waals surface area contributed by atoms with Crippen LogP contribution in [0.3, 0.4) is 0 Å². The molecular weight excluding hydrogens is 246 g/mol. The molecule has 0 heterocycles. The molecule has 20 heavy (non-hydrogen) atoms. The maximum atomic E-state index is 6.14. The van der Waals surface area contributed by atoms with Crippen LogP contribution in [0.15, 0.2) is 12.1 Å². The Bertz CT molecular complexity index is 435. The normalized spacial score (nSPS) is 18.0. The Labute approximate surface area is 123 Å². The summed E-state index contributed by atoms with van der Waals surface area (Å²) in [4.78, 5) is 0. The van der Waals surface area contributed by atoms with E-state index < -0.39 is 0 Å². The zero-order valence-electron chi connectivity index (χ0n) is 13.5. The molecule has 0 aliphatic heterocycles. The van der Waals surface area contributed by atoms with E-state index in [0.717, 1.165) is 12.3 Å². The van der Waals surface area contributed by atoms with Gasteiger partial charge < -0.3 is 10.1 Å². The van der Waals surface area contributed by atoms with Crippen molar-refractivity contribution in [3.63, 3.8) is 0 Å². The number of benzene rings is 1. The van der Waals surface area contributed by atoms with Gasteiger partial charge in [-0.2, -0.15) is 0 Å². The van der Waals surface area contributed by atoms with Gasteiger partial charge in [0.1, 0.15) is 11.9 Å². The van der Waals surface area contributed by atoms with Gasteiger partial charge in [0.25, 0.3) is 0 Å². The zero-order chi connectivity index (χ0) is 14.5. The summed E-state index contributed by atoms with van der Waals surface area (Å²) in [5.41, 5.74) is 3.85. The van der Waals surface area contributed by atoms with Crippen molar-refractivity contribution in [3.05, 3.63) is 28.8 Å². The van der Waals surface area contributed by atoms with Gasteiger partial charge in [0.15, 0.2) is 0 Å². The second-order valence-corrected chi connectivity index (χ2v) is 6.38. The average molecular weight is 275 g/mol. The molecule has 2 nitrogen and oxygen atoms in total. The molecule has 0 aromatic heterocycles. The minimum Gasteiger partial charge on any atom is -0.489 e. The molecule has 1 N–H and O–H groups in total. The van der Waals surface area contributed by atoms with Gasteiger partial charge >= 0.3 is 0 Å². The monoisotopic (exact) mass is 275 g/mol. The minimum absolute atomic E-state index is 0.219. The summed E-state index contributed by atoms with van der Waals surface area (Å²) in [6.07, 6.45) is 7.04. The summed E-state index contributed by atoms with van der Waals surface area (Å²) in [6.45, 7) is 9.53. The van der Waals surface area contributed by atoms with E-state index in [9.17, 15) is 0 Å². The highest BCUT2D eigenvalue weighted by Gasteiger charge is 2.15. The molecule has 0 radical (unpaired) electrons. The van der Waals surface area contributed by atoms with E-state index in [4.69, 9.17) is 4.74 Å². The molecule has 1 saturated carbocycles. The van der Waals surface area contributed by atoms with Crippen LogP contribution in [-0.2, 0) is 0 Å².